The molecule has 3 heterocycles. The van der Waals surface area contributed by atoms with Gasteiger partial charge >= 0.3 is 0 Å². The monoisotopic (exact) mass is 552 g/mol. The summed E-state index contributed by atoms with van der Waals surface area (Å²) in [5.74, 6) is 1.49. The van der Waals surface area contributed by atoms with Gasteiger partial charge in [0.05, 0.1) is 31.7 Å². The zero-order valence-electron chi connectivity index (χ0n) is 21.7. The molecular formula is C30H25FN6O2S. The van der Waals surface area contributed by atoms with E-state index in [2.05, 4.69) is 21.2 Å². The zero-order chi connectivity index (χ0) is 27.5. The second kappa shape index (κ2) is 11.3. The van der Waals surface area contributed by atoms with Crippen LogP contribution in [0.15, 0.2) is 89.3 Å². The van der Waals surface area contributed by atoms with E-state index in [0.717, 1.165) is 22.6 Å². The number of anilines is 2. The van der Waals surface area contributed by atoms with Gasteiger partial charge in [-0.05, 0) is 66.2 Å². The van der Waals surface area contributed by atoms with Crippen LogP contribution in [0.4, 0.5) is 16.0 Å². The van der Waals surface area contributed by atoms with Gasteiger partial charge in [-0.1, -0.05) is 30.0 Å². The van der Waals surface area contributed by atoms with Gasteiger partial charge in [0.2, 0.25) is 5.95 Å². The molecular weight excluding hydrogens is 527 g/mol. The Kier molecular flexibility index (Phi) is 7.23. The zero-order valence-corrected chi connectivity index (χ0v) is 22.5. The third-order valence-electron chi connectivity index (χ3n) is 6.70. The molecule has 10 heteroatoms. The predicted molar refractivity (Wildman–Crippen MR) is 154 cm³/mol. The number of ether oxygens (including phenoxy) is 2. The van der Waals surface area contributed by atoms with Crippen molar-refractivity contribution in [1.82, 2.24) is 14.8 Å². The molecule has 2 aliphatic heterocycles. The number of rotatable bonds is 6. The van der Waals surface area contributed by atoms with Crippen molar-refractivity contribution >= 4 is 34.7 Å². The molecule has 0 aliphatic carbocycles. The van der Waals surface area contributed by atoms with Crippen molar-refractivity contribution in [3.05, 3.63) is 107 Å². The Labute approximate surface area is 235 Å². The Balaban J connectivity index is 1.53. The lowest BCUT2D eigenvalue weighted by Gasteiger charge is -2.28. The third kappa shape index (κ3) is 4.81. The highest BCUT2D eigenvalue weighted by Gasteiger charge is 2.32. The molecule has 1 fully saturated rings. The smallest absolute Gasteiger partial charge is 0.232 e. The summed E-state index contributed by atoms with van der Waals surface area (Å²) in [5.41, 5.74) is 3.67. The minimum Gasteiger partial charge on any atom is -0.497 e. The van der Waals surface area contributed by atoms with E-state index in [-0.39, 0.29) is 5.82 Å². The molecule has 3 aromatic carbocycles. The fourth-order valence-corrected chi connectivity index (χ4v) is 5.75. The first-order valence-electron chi connectivity index (χ1n) is 12.7. The van der Waals surface area contributed by atoms with E-state index < -0.39 is 0 Å². The summed E-state index contributed by atoms with van der Waals surface area (Å²) in [6.45, 7) is 2.53. The summed E-state index contributed by atoms with van der Waals surface area (Å²) in [6.07, 6.45) is 0. The van der Waals surface area contributed by atoms with Crippen LogP contribution in [0, 0.1) is 17.1 Å². The predicted octanol–water partition coefficient (Wildman–Crippen LogP) is 5.70. The lowest BCUT2D eigenvalue weighted by atomic mass is 10.1. The number of hydrogen-bond donors (Lipinski definition) is 0. The first-order valence-corrected chi connectivity index (χ1v) is 13.6. The van der Waals surface area contributed by atoms with Crippen LogP contribution in [0.25, 0.3) is 17.0 Å². The molecule has 0 N–H and O–H groups in total. The van der Waals surface area contributed by atoms with Crippen LogP contribution >= 0.6 is 11.8 Å². The van der Waals surface area contributed by atoms with Crippen LogP contribution in [0.3, 0.4) is 0 Å². The maximum Gasteiger partial charge on any atom is 0.232 e. The minimum atomic E-state index is -0.314. The van der Waals surface area contributed by atoms with Crippen molar-refractivity contribution in [1.29, 1.82) is 5.26 Å². The summed E-state index contributed by atoms with van der Waals surface area (Å²) < 4.78 is 26.6. The molecule has 2 aliphatic rings. The van der Waals surface area contributed by atoms with Crippen molar-refractivity contribution in [2.45, 2.75) is 0 Å². The third-order valence-corrected chi connectivity index (χ3v) is 7.65. The molecule has 0 spiro atoms. The molecule has 0 radical (unpaired) electrons. The molecule has 6 rings (SSSR count). The molecule has 200 valence electrons. The molecule has 0 atom stereocenters. The number of aromatic nitrogens is 3. The number of allylic oxidation sites excluding steroid dienone is 1. The first kappa shape index (κ1) is 25.7. The summed E-state index contributed by atoms with van der Waals surface area (Å²) in [7, 11) is 1.62. The average molecular weight is 553 g/mol. The van der Waals surface area contributed by atoms with Crippen molar-refractivity contribution in [2.75, 3.05) is 43.2 Å². The minimum absolute atomic E-state index is 0.314. The molecule has 1 saturated heterocycles. The van der Waals surface area contributed by atoms with E-state index in [1.54, 1.807) is 19.2 Å². The normalized spacial score (nSPS) is 16.5. The summed E-state index contributed by atoms with van der Waals surface area (Å²) >= 11 is 1.42. The number of thioether (sulfide) groups is 1. The van der Waals surface area contributed by atoms with Gasteiger partial charge in [-0.25, -0.2) is 4.39 Å². The number of hydrogen-bond acceptors (Lipinski definition) is 8. The highest BCUT2D eigenvalue weighted by molar-refractivity contribution is 8.06. The van der Waals surface area contributed by atoms with E-state index in [1.165, 1.54) is 23.9 Å². The summed E-state index contributed by atoms with van der Waals surface area (Å²) in [5, 5.41) is 22.4. The van der Waals surface area contributed by atoms with Crippen LogP contribution in [0.1, 0.15) is 11.4 Å². The Morgan fingerprint density at radius 1 is 0.950 bits per heavy atom. The number of nitrogens with zero attached hydrogens (tertiary/aromatic N) is 6. The maximum absolute atomic E-state index is 13.8. The van der Waals surface area contributed by atoms with Crippen LogP contribution in [-0.2, 0) is 4.74 Å². The first-order chi connectivity index (χ1) is 19.7. The molecule has 0 unspecified atom stereocenters. The lowest BCUT2D eigenvalue weighted by molar-refractivity contribution is 0.122. The maximum atomic E-state index is 13.8. The molecule has 1 aromatic heterocycles. The van der Waals surface area contributed by atoms with E-state index in [0.29, 0.717) is 54.4 Å². The van der Waals surface area contributed by atoms with Crippen LogP contribution in [-0.4, -0.2) is 48.2 Å². The quantitative estimate of drug-likeness (QED) is 0.282. The van der Waals surface area contributed by atoms with E-state index in [1.807, 2.05) is 69.5 Å². The standard InChI is InChI=1S/C30H25FN6O2S/c1-38-25-13-11-24(12-14-25)36-27(21-7-9-22(31)10-8-21)20-40-29(36)26(19-32)28-33-34-30(35-15-17-39-18-16-35)37(28)23-5-3-2-4-6-23/h2-14,20H,15-18H2,1H3/b29-26-. The number of methoxy groups -OCH3 is 1. The highest BCUT2D eigenvalue weighted by atomic mass is 32.2. The Bertz CT molecular complexity index is 1600. The van der Waals surface area contributed by atoms with E-state index in [9.17, 15) is 9.65 Å². The molecule has 0 bridgehead atoms. The van der Waals surface area contributed by atoms with Crippen molar-refractivity contribution in [2.24, 2.45) is 0 Å². The molecule has 0 amide bonds. The Hall–Kier alpha value is -4.59. The largest absolute Gasteiger partial charge is 0.497 e. The van der Waals surface area contributed by atoms with Gasteiger partial charge in [0, 0.05) is 24.2 Å². The van der Waals surface area contributed by atoms with Gasteiger partial charge < -0.3 is 19.3 Å². The van der Waals surface area contributed by atoms with E-state index in [4.69, 9.17) is 9.47 Å². The Morgan fingerprint density at radius 3 is 2.35 bits per heavy atom. The number of para-hydroxylation sites is 1. The second-order valence-electron chi connectivity index (χ2n) is 9.05. The summed E-state index contributed by atoms with van der Waals surface area (Å²) in [6, 6.07) is 26.1. The Morgan fingerprint density at radius 2 is 1.68 bits per heavy atom. The van der Waals surface area contributed by atoms with Gasteiger partial charge in [-0.3, -0.25) is 4.57 Å². The van der Waals surface area contributed by atoms with Crippen molar-refractivity contribution in [3.63, 3.8) is 0 Å². The van der Waals surface area contributed by atoms with Gasteiger partial charge in [0.25, 0.3) is 0 Å². The molecule has 40 heavy (non-hydrogen) atoms. The SMILES string of the molecule is COc1ccc(N2C(c3ccc(F)cc3)=CS/C2=C(/C#N)c2nnc(N3CCOCC3)n2-c2ccccc2)cc1. The molecule has 0 saturated carbocycles. The molecule has 8 nitrogen and oxygen atoms in total. The fourth-order valence-electron chi connectivity index (χ4n) is 4.72. The number of nitriles is 1. The van der Waals surface area contributed by atoms with E-state index >= 15 is 0 Å². The van der Waals surface area contributed by atoms with Crippen LogP contribution in [0.2, 0.25) is 0 Å². The van der Waals surface area contributed by atoms with Crippen LogP contribution < -0.4 is 14.5 Å². The number of morpholine rings is 1. The van der Waals surface area contributed by atoms with Crippen molar-refractivity contribution in [3.8, 4) is 17.5 Å². The van der Waals surface area contributed by atoms with Crippen molar-refractivity contribution < 1.29 is 13.9 Å². The summed E-state index contributed by atoms with van der Waals surface area (Å²) in [4.78, 5) is 4.12. The topological polar surface area (TPSA) is 79.4 Å². The average Bonchev–Trinajstić information content (AvgIpc) is 3.65. The van der Waals surface area contributed by atoms with Gasteiger partial charge in [-0.15, -0.1) is 10.2 Å². The van der Waals surface area contributed by atoms with Gasteiger partial charge in [0.15, 0.2) is 5.82 Å². The van der Waals surface area contributed by atoms with Gasteiger partial charge in [-0.2, -0.15) is 5.26 Å². The van der Waals surface area contributed by atoms with Gasteiger partial charge in [0.1, 0.15) is 28.2 Å². The van der Waals surface area contributed by atoms with Crippen LogP contribution in [0.5, 0.6) is 5.75 Å². The second-order valence-corrected chi connectivity index (χ2v) is 9.91. The number of halogens is 1. The lowest BCUT2D eigenvalue weighted by Crippen LogP contribution is -2.38. The fraction of sp³-hybridized carbons (Fsp3) is 0.167. The highest BCUT2D eigenvalue weighted by Crippen LogP contribution is 2.46. The molecule has 4 aromatic rings. The number of benzene rings is 3.